The summed E-state index contributed by atoms with van der Waals surface area (Å²) in [5.41, 5.74) is 6.96. The standard InChI is InChI=1S/C15H10F2N2O/c16-10-2-4-12(17)14(8-10)20-15-6-1-9-7-11(18)3-5-13(9)19-15/h1-8H,18H2. The van der Waals surface area contributed by atoms with E-state index in [1.165, 1.54) is 0 Å². The van der Waals surface area contributed by atoms with Gasteiger partial charge in [-0.3, -0.25) is 0 Å². The van der Waals surface area contributed by atoms with Gasteiger partial charge in [-0.15, -0.1) is 0 Å². The van der Waals surface area contributed by atoms with E-state index in [1.54, 1.807) is 30.3 Å². The predicted molar refractivity (Wildman–Crippen MR) is 72.6 cm³/mol. The molecule has 2 N–H and O–H groups in total. The molecule has 0 atom stereocenters. The third kappa shape index (κ3) is 2.38. The number of nitrogens with zero attached hydrogens (tertiary/aromatic N) is 1. The van der Waals surface area contributed by atoms with Crippen LogP contribution in [0.1, 0.15) is 0 Å². The molecule has 0 spiro atoms. The summed E-state index contributed by atoms with van der Waals surface area (Å²) in [6, 6.07) is 11.6. The molecule has 0 saturated heterocycles. The van der Waals surface area contributed by atoms with Crippen LogP contribution in [0.15, 0.2) is 48.5 Å². The second-order valence-electron chi connectivity index (χ2n) is 4.28. The molecule has 0 aliphatic rings. The van der Waals surface area contributed by atoms with Gasteiger partial charge in [0.05, 0.1) is 5.52 Å². The Bertz CT molecular complexity index is 790. The van der Waals surface area contributed by atoms with E-state index >= 15 is 0 Å². The van der Waals surface area contributed by atoms with Crippen molar-refractivity contribution in [3.8, 4) is 11.6 Å². The molecule has 2 aromatic carbocycles. The van der Waals surface area contributed by atoms with Gasteiger partial charge in [0.15, 0.2) is 11.6 Å². The third-order valence-electron chi connectivity index (χ3n) is 2.80. The van der Waals surface area contributed by atoms with Crippen LogP contribution < -0.4 is 10.5 Å². The molecule has 0 fully saturated rings. The van der Waals surface area contributed by atoms with E-state index in [0.29, 0.717) is 11.2 Å². The Morgan fingerprint density at radius 2 is 1.80 bits per heavy atom. The average molecular weight is 272 g/mol. The molecule has 1 heterocycles. The molecule has 3 nitrogen and oxygen atoms in total. The van der Waals surface area contributed by atoms with Crippen LogP contribution in [-0.4, -0.2) is 4.98 Å². The molecular weight excluding hydrogens is 262 g/mol. The van der Waals surface area contributed by atoms with Crippen LogP contribution in [0.5, 0.6) is 11.6 Å². The van der Waals surface area contributed by atoms with Crippen LogP contribution in [0.25, 0.3) is 10.9 Å². The highest BCUT2D eigenvalue weighted by molar-refractivity contribution is 5.82. The largest absolute Gasteiger partial charge is 0.436 e. The number of pyridine rings is 1. The number of rotatable bonds is 2. The van der Waals surface area contributed by atoms with Gasteiger partial charge in [-0.25, -0.2) is 13.8 Å². The summed E-state index contributed by atoms with van der Waals surface area (Å²) < 4.78 is 31.8. The number of fused-ring (bicyclic) bond motifs is 1. The summed E-state index contributed by atoms with van der Waals surface area (Å²) in [6.45, 7) is 0. The number of hydrogen-bond donors (Lipinski definition) is 1. The van der Waals surface area contributed by atoms with Crippen LogP contribution >= 0.6 is 0 Å². The van der Waals surface area contributed by atoms with Crippen molar-refractivity contribution in [2.75, 3.05) is 5.73 Å². The van der Waals surface area contributed by atoms with Gasteiger partial charge in [0.2, 0.25) is 5.88 Å². The Labute approximate surface area is 113 Å². The van der Waals surface area contributed by atoms with Gasteiger partial charge in [-0.05, 0) is 36.4 Å². The summed E-state index contributed by atoms with van der Waals surface area (Å²) in [6.07, 6.45) is 0. The second kappa shape index (κ2) is 4.77. The fraction of sp³-hybridized carbons (Fsp3) is 0. The smallest absolute Gasteiger partial charge is 0.219 e. The number of hydrogen-bond acceptors (Lipinski definition) is 3. The summed E-state index contributed by atoms with van der Waals surface area (Å²) in [5, 5.41) is 0.845. The highest BCUT2D eigenvalue weighted by Gasteiger charge is 2.08. The van der Waals surface area contributed by atoms with Crippen molar-refractivity contribution in [1.29, 1.82) is 0 Å². The SMILES string of the molecule is Nc1ccc2nc(Oc3cc(F)ccc3F)ccc2c1. The molecule has 3 aromatic rings. The monoisotopic (exact) mass is 272 g/mol. The lowest BCUT2D eigenvalue weighted by Gasteiger charge is -2.07. The molecule has 0 aliphatic heterocycles. The number of benzene rings is 2. The Morgan fingerprint density at radius 1 is 0.950 bits per heavy atom. The molecule has 5 heteroatoms. The lowest BCUT2D eigenvalue weighted by molar-refractivity contribution is 0.424. The van der Waals surface area contributed by atoms with Crippen molar-refractivity contribution in [2.24, 2.45) is 0 Å². The number of aromatic nitrogens is 1. The molecule has 1 aromatic heterocycles. The Hall–Kier alpha value is -2.69. The van der Waals surface area contributed by atoms with E-state index in [2.05, 4.69) is 4.98 Å². The Kier molecular flexibility index (Phi) is 2.95. The first kappa shape index (κ1) is 12.3. The molecule has 0 bridgehead atoms. The molecule has 0 radical (unpaired) electrons. The number of nitrogens with two attached hydrogens (primary N) is 1. The van der Waals surface area contributed by atoms with Crippen molar-refractivity contribution in [3.05, 3.63) is 60.2 Å². The van der Waals surface area contributed by atoms with E-state index in [1.807, 2.05) is 0 Å². The number of anilines is 1. The fourth-order valence-electron chi connectivity index (χ4n) is 1.85. The molecule has 3 rings (SSSR count). The van der Waals surface area contributed by atoms with E-state index < -0.39 is 11.6 Å². The maximum atomic E-state index is 13.5. The summed E-state index contributed by atoms with van der Waals surface area (Å²) in [7, 11) is 0. The first-order chi connectivity index (χ1) is 9.61. The molecule has 0 amide bonds. The van der Waals surface area contributed by atoms with Gasteiger partial charge in [-0.1, -0.05) is 0 Å². The van der Waals surface area contributed by atoms with E-state index in [4.69, 9.17) is 10.5 Å². The summed E-state index contributed by atoms with van der Waals surface area (Å²) >= 11 is 0. The highest BCUT2D eigenvalue weighted by Crippen LogP contribution is 2.26. The van der Waals surface area contributed by atoms with Crippen LogP contribution in [-0.2, 0) is 0 Å². The van der Waals surface area contributed by atoms with Crippen molar-refractivity contribution in [2.45, 2.75) is 0 Å². The molecule has 100 valence electrons. The Balaban J connectivity index is 1.98. The van der Waals surface area contributed by atoms with Gasteiger partial charge in [0.25, 0.3) is 0 Å². The number of ether oxygens (including phenoxy) is 1. The van der Waals surface area contributed by atoms with Gasteiger partial charge >= 0.3 is 0 Å². The van der Waals surface area contributed by atoms with Gasteiger partial charge in [0, 0.05) is 23.2 Å². The minimum absolute atomic E-state index is 0.187. The van der Waals surface area contributed by atoms with Crippen molar-refractivity contribution in [3.63, 3.8) is 0 Å². The fourth-order valence-corrected chi connectivity index (χ4v) is 1.85. The minimum Gasteiger partial charge on any atom is -0.436 e. The van der Waals surface area contributed by atoms with Crippen LogP contribution in [0.4, 0.5) is 14.5 Å². The van der Waals surface area contributed by atoms with Crippen molar-refractivity contribution < 1.29 is 13.5 Å². The first-order valence-corrected chi connectivity index (χ1v) is 5.91. The molecular formula is C15H10F2N2O. The van der Waals surface area contributed by atoms with E-state index in [9.17, 15) is 8.78 Å². The maximum Gasteiger partial charge on any atom is 0.219 e. The van der Waals surface area contributed by atoms with Crippen molar-refractivity contribution >= 4 is 16.6 Å². The van der Waals surface area contributed by atoms with Gasteiger partial charge in [0.1, 0.15) is 5.82 Å². The van der Waals surface area contributed by atoms with Crippen LogP contribution in [0, 0.1) is 11.6 Å². The zero-order valence-corrected chi connectivity index (χ0v) is 10.3. The van der Waals surface area contributed by atoms with Crippen LogP contribution in [0.2, 0.25) is 0 Å². The quantitative estimate of drug-likeness (QED) is 0.720. The zero-order chi connectivity index (χ0) is 14.1. The maximum absolute atomic E-state index is 13.5. The molecule has 0 saturated carbocycles. The second-order valence-corrected chi connectivity index (χ2v) is 4.28. The predicted octanol–water partition coefficient (Wildman–Crippen LogP) is 3.89. The molecule has 0 unspecified atom stereocenters. The molecule has 20 heavy (non-hydrogen) atoms. The lowest BCUT2D eigenvalue weighted by Crippen LogP contribution is -1.93. The van der Waals surface area contributed by atoms with E-state index in [0.717, 1.165) is 23.6 Å². The van der Waals surface area contributed by atoms with Gasteiger partial charge in [-0.2, -0.15) is 0 Å². The number of halogens is 2. The minimum atomic E-state index is -0.648. The summed E-state index contributed by atoms with van der Waals surface area (Å²) in [4.78, 5) is 4.22. The normalized spacial score (nSPS) is 10.7. The zero-order valence-electron chi connectivity index (χ0n) is 10.3. The van der Waals surface area contributed by atoms with Crippen molar-refractivity contribution in [1.82, 2.24) is 4.98 Å². The average Bonchev–Trinajstić information content (AvgIpc) is 2.43. The molecule has 0 aliphatic carbocycles. The highest BCUT2D eigenvalue weighted by atomic mass is 19.1. The Morgan fingerprint density at radius 3 is 2.65 bits per heavy atom. The summed E-state index contributed by atoms with van der Waals surface area (Å²) in [5.74, 6) is -1.24. The van der Waals surface area contributed by atoms with Crippen LogP contribution in [0.3, 0.4) is 0 Å². The number of nitrogen functional groups attached to an aromatic ring is 1. The topological polar surface area (TPSA) is 48.1 Å². The third-order valence-corrected chi connectivity index (χ3v) is 2.80. The van der Waals surface area contributed by atoms with Gasteiger partial charge < -0.3 is 10.5 Å². The van der Waals surface area contributed by atoms with E-state index in [-0.39, 0.29) is 11.6 Å². The first-order valence-electron chi connectivity index (χ1n) is 5.91. The lowest BCUT2D eigenvalue weighted by atomic mass is 10.2.